The molecule has 1 aromatic carbocycles. The summed E-state index contributed by atoms with van der Waals surface area (Å²) in [6.45, 7) is 7.47. The normalized spacial score (nSPS) is 23.4. The standard InChI is InChI=1S/C15H22N2O/c1-2-4-15-11-17(10-14(15)3-1)7-6-16-9-13-5-8-18-12-13/h1-4,13,16H,5-12H2. The van der Waals surface area contributed by atoms with Crippen LogP contribution in [0.2, 0.25) is 0 Å². The van der Waals surface area contributed by atoms with Gasteiger partial charge in [0, 0.05) is 39.3 Å². The minimum atomic E-state index is 0.737. The summed E-state index contributed by atoms with van der Waals surface area (Å²) in [5.74, 6) is 0.737. The molecular weight excluding hydrogens is 224 g/mol. The number of benzene rings is 1. The molecule has 0 radical (unpaired) electrons. The summed E-state index contributed by atoms with van der Waals surface area (Å²) in [7, 11) is 0. The molecule has 0 aliphatic carbocycles. The van der Waals surface area contributed by atoms with E-state index in [1.54, 1.807) is 0 Å². The zero-order chi connectivity index (χ0) is 12.2. The van der Waals surface area contributed by atoms with Gasteiger partial charge >= 0.3 is 0 Å². The number of ether oxygens (including phenoxy) is 1. The maximum Gasteiger partial charge on any atom is 0.0507 e. The first-order chi connectivity index (χ1) is 8.92. The van der Waals surface area contributed by atoms with E-state index in [0.29, 0.717) is 0 Å². The van der Waals surface area contributed by atoms with Crippen LogP contribution in [0.1, 0.15) is 17.5 Å². The van der Waals surface area contributed by atoms with Crippen LogP contribution in [0.3, 0.4) is 0 Å². The minimum Gasteiger partial charge on any atom is -0.381 e. The largest absolute Gasteiger partial charge is 0.381 e. The summed E-state index contributed by atoms with van der Waals surface area (Å²) < 4.78 is 5.38. The van der Waals surface area contributed by atoms with Crippen LogP contribution in [0.5, 0.6) is 0 Å². The van der Waals surface area contributed by atoms with Gasteiger partial charge in [0.05, 0.1) is 6.61 Å². The van der Waals surface area contributed by atoms with Crippen molar-refractivity contribution < 1.29 is 4.74 Å². The molecule has 0 saturated carbocycles. The molecule has 0 bridgehead atoms. The highest BCUT2D eigenvalue weighted by Gasteiger charge is 2.18. The topological polar surface area (TPSA) is 24.5 Å². The van der Waals surface area contributed by atoms with E-state index in [4.69, 9.17) is 4.74 Å². The lowest BCUT2D eigenvalue weighted by atomic mass is 10.1. The Balaban J connectivity index is 1.35. The zero-order valence-corrected chi connectivity index (χ0v) is 10.9. The summed E-state index contributed by atoms with van der Waals surface area (Å²) in [6, 6.07) is 8.78. The fraction of sp³-hybridized carbons (Fsp3) is 0.600. The molecular formula is C15H22N2O. The second-order valence-corrected chi connectivity index (χ2v) is 5.41. The Labute approximate surface area is 109 Å². The summed E-state index contributed by atoms with van der Waals surface area (Å²) in [5.41, 5.74) is 3.00. The Hall–Kier alpha value is -0.900. The van der Waals surface area contributed by atoms with Crippen LogP contribution in [0.4, 0.5) is 0 Å². The highest BCUT2D eigenvalue weighted by atomic mass is 16.5. The van der Waals surface area contributed by atoms with Crippen molar-refractivity contribution in [1.29, 1.82) is 0 Å². The number of fused-ring (bicyclic) bond motifs is 1. The van der Waals surface area contributed by atoms with Crippen LogP contribution >= 0.6 is 0 Å². The SMILES string of the molecule is c1ccc2c(c1)CN(CCNCC1CCOC1)C2. The molecule has 3 rings (SSSR count). The molecule has 1 atom stereocenters. The Morgan fingerprint density at radius 3 is 2.67 bits per heavy atom. The molecule has 1 N–H and O–H groups in total. The van der Waals surface area contributed by atoms with Crippen molar-refractivity contribution in [1.82, 2.24) is 10.2 Å². The lowest BCUT2D eigenvalue weighted by molar-refractivity contribution is 0.185. The van der Waals surface area contributed by atoms with Crippen LogP contribution in [-0.4, -0.2) is 37.7 Å². The maximum atomic E-state index is 5.38. The predicted molar refractivity (Wildman–Crippen MR) is 72.4 cm³/mol. The molecule has 98 valence electrons. The van der Waals surface area contributed by atoms with Gasteiger partial charge in [-0.05, 0) is 23.5 Å². The number of hydrogen-bond acceptors (Lipinski definition) is 3. The molecule has 1 unspecified atom stereocenters. The quantitative estimate of drug-likeness (QED) is 0.799. The molecule has 1 aromatic rings. The molecule has 0 spiro atoms. The van der Waals surface area contributed by atoms with E-state index >= 15 is 0 Å². The fourth-order valence-electron chi connectivity index (χ4n) is 2.85. The van der Waals surface area contributed by atoms with E-state index in [9.17, 15) is 0 Å². The molecule has 3 heteroatoms. The number of hydrogen-bond donors (Lipinski definition) is 1. The summed E-state index contributed by atoms with van der Waals surface area (Å²) in [4.78, 5) is 2.52. The second kappa shape index (κ2) is 5.83. The van der Waals surface area contributed by atoms with E-state index in [-0.39, 0.29) is 0 Å². The smallest absolute Gasteiger partial charge is 0.0507 e. The van der Waals surface area contributed by atoms with Gasteiger partial charge in [0.25, 0.3) is 0 Å². The molecule has 2 aliphatic heterocycles. The van der Waals surface area contributed by atoms with Crippen molar-refractivity contribution in [3.63, 3.8) is 0 Å². The molecule has 0 amide bonds. The minimum absolute atomic E-state index is 0.737. The number of nitrogens with zero attached hydrogens (tertiary/aromatic N) is 1. The lowest BCUT2D eigenvalue weighted by Crippen LogP contribution is -2.31. The first-order valence-electron chi connectivity index (χ1n) is 6.99. The van der Waals surface area contributed by atoms with Crippen LogP contribution in [0, 0.1) is 5.92 Å². The third kappa shape index (κ3) is 2.91. The summed E-state index contributed by atoms with van der Waals surface area (Å²) in [5, 5.41) is 3.56. The molecule has 2 aliphatic rings. The van der Waals surface area contributed by atoms with Gasteiger partial charge in [-0.3, -0.25) is 4.90 Å². The Morgan fingerprint density at radius 2 is 2.00 bits per heavy atom. The van der Waals surface area contributed by atoms with Gasteiger partial charge < -0.3 is 10.1 Å². The summed E-state index contributed by atoms with van der Waals surface area (Å²) in [6.07, 6.45) is 1.22. The number of rotatable bonds is 5. The van der Waals surface area contributed by atoms with Gasteiger partial charge in [-0.25, -0.2) is 0 Å². The average Bonchev–Trinajstić information content (AvgIpc) is 3.03. The van der Waals surface area contributed by atoms with Gasteiger partial charge in [-0.2, -0.15) is 0 Å². The average molecular weight is 246 g/mol. The van der Waals surface area contributed by atoms with Crippen LogP contribution in [0.15, 0.2) is 24.3 Å². The van der Waals surface area contributed by atoms with Crippen molar-refractivity contribution in [3.8, 4) is 0 Å². The van der Waals surface area contributed by atoms with E-state index < -0.39 is 0 Å². The molecule has 3 nitrogen and oxygen atoms in total. The van der Waals surface area contributed by atoms with E-state index in [2.05, 4.69) is 34.5 Å². The first kappa shape index (κ1) is 12.2. The van der Waals surface area contributed by atoms with Gasteiger partial charge in [0.15, 0.2) is 0 Å². The van der Waals surface area contributed by atoms with Crippen molar-refractivity contribution in [3.05, 3.63) is 35.4 Å². The molecule has 1 fully saturated rings. The number of nitrogens with one attached hydrogen (secondary N) is 1. The Kier molecular flexibility index (Phi) is 3.93. The van der Waals surface area contributed by atoms with Crippen molar-refractivity contribution in [2.24, 2.45) is 5.92 Å². The van der Waals surface area contributed by atoms with Crippen molar-refractivity contribution in [2.45, 2.75) is 19.5 Å². The molecule has 18 heavy (non-hydrogen) atoms. The van der Waals surface area contributed by atoms with E-state index in [0.717, 1.165) is 51.9 Å². The van der Waals surface area contributed by atoms with E-state index in [1.165, 1.54) is 17.5 Å². The highest BCUT2D eigenvalue weighted by Crippen LogP contribution is 2.21. The Morgan fingerprint density at radius 1 is 1.22 bits per heavy atom. The summed E-state index contributed by atoms with van der Waals surface area (Å²) >= 11 is 0. The lowest BCUT2D eigenvalue weighted by Gasteiger charge is -2.16. The second-order valence-electron chi connectivity index (χ2n) is 5.41. The third-order valence-corrected chi connectivity index (χ3v) is 3.97. The van der Waals surface area contributed by atoms with Crippen molar-refractivity contribution >= 4 is 0 Å². The van der Waals surface area contributed by atoms with Crippen molar-refractivity contribution in [2.75, 3.05) is 32.8 Å². The van der Waals surface area contributed by atoms with Gasteiger partial charge in [-0.1, -0.05) is 24.3 Å². The predicted octanol–water partition coefficient (Wildman–Crippen LogP) is 1.63. The maximum absolute atomic E-state index is 5.38. The highest BCUT2D eigenvalue weighted by molar-refractivity contribution is 5.30. The van der Waals surface area contributed by atoms with Crippen LogP contribution < -0.4 is 5.32 Å². The Bertz CT molecular complexity index is 363. The fourth-order valence-corrected chi connectivity index (χ4v) is 2.85. The molecule has 0 aromatic heterocycles. The zero-order valence-electron chi connectivity index (χ0n) is 10.9. The first-order valence-corrected chi connectivity index (χ1v) is 6.99. The monoisotopic (exact) mass is 246 g/mol. The van der Waals surface area contributed by atoms with Crippen LogP contribution in [0.25, 0.3) is 0 Å². The van der Waals surface area contributed by atoms with Gasteiger partial charge in [0.1, 0.15) is 0 Å². The van der Waals surface area contributed by atoms with E-state index in [1.807, 2.05) is 0 Å². The van der Waals surface area contributed by atoms with Gasteiger partial charge in [0.2, 0.25) is 0 Å². The third-order valence-electron chi connectivity index (χ3n) is 3.97. The molecule has 1 saturated heterocycles. The van der Waals surface area contributed by atoms with Crippen LogP contribution in [-0.2, 0) is 17.8 Å². The molecule has 2 heterocycles. The van der Waals surface area contributed by atoms with Gasteiger partial charge in [-0.15, -0.1) is 0 Å².